The Bertz CT molecular complexity index is 405. The summed E-state index contributed by atoms with van der Waals surface area (Å²) < 4.78 is 0. The second-order valence-electron chi connectivity index (χ2n) is 5.15. The normalized spacial score (nSPS) is 16.6. The summed E-state index contributed by atoms with van der Waals surface area (Å²) in [6.45, 7) is 9.80. The molecule has 104 valence electrons. The summed E-state index contributed by atoms with van der Waals surface area (Å²) in [6.07, 6.45) is 1.81. The molecule has 0 aliphatic carbocycles. The van der Waals surface area contributed by atoms with Crippen molar-refractivity contribution in [1.82, 2.24) is 4.90 Å². The van der Waals surface area contributed by atoms with Gasteiger partial charge in [0, 0.05) is 43.9 Å². The van der Waals surface area contributed by atoms with Crippen LogP contribution in [0.15, 0.2) is 24.3 Å². The average molecular weight is 260 g/mol. The first-order chi connectivity index (χ1) is 9.24. The number of anilines is 1. The van der Waals surface area contributed by atoms with Crippen molar-refractivity contribution in [2.45, 2.75) is 26.7 Å². The Balaban J connectivity index is 1.94. The summed E-state index contributed by atoms with van der Waals surface area (Å²) in [5, 5.41) is 0. The van der Waals surface area contributed by atoms with E-state index in [-0.39, 0.29) is 5.78 Å². The van der Waals surface area contributed by atoms with E-state index in [4.69, 9.17) is 0 Å². The standard InChI is InChI=1S/C16H24N2O/c1-3-9-17-10-12-18(13-11-17)15-7-5-14(6-8-15)16(19)4-2/h5-8H,3-4,9-13H2,1-2H3. The molecule has 2 rings (SSSR count). The highest BCUT2D eigenvalue weighted by Gasteiger charge is 2.16. The molecule has 1 fully saturated rings. The molecule has 19 heavy (non-hydrogen) atoms. The molecule has 3 nitrogen and oxygen atoms in total. The number of piperazine rings is 1. The van der Waals surface area contributed by atoms with E-state index in [1.165, 1.54) is 18.7 Å². The van der Waals surface area contributed by atoms with Gasteiger partial charge in [-0.2, -0.15) is 0 Å². The van der Waals surface area contributed by atoms with Crippen LogP contribution in [0.2, 0.25) is 0 Å². The fourth-order valence-corrected chi connectivity index (χ4v) is 2.61. The highest BCUT2D eigenvalue weighted by atomic mass is 16.1. The van der Waals surface area contributed by atoms with E-state index in [1.807, 2.05) is 19.1 Å². The van der Waals surface area contributed by atoms with Crippen molar-refractivity contribution in [3.63, 3.8) is 0 Å². The number of Topliss-reactive ketones (excluding diaryl/α,β-unsaturated/α-hetero) is 1. The van der Waals surface area contributed by atoms with Gasteiger partial charge in [-0.15, -0.1) is 0 Å². The Labute approximate surface area is 116 Å². The van der Waals surface area contributed by atoms with Gasteiger partial charge in [0.2, 0.25) is 0 Å². The van der Waals surface area contributed by atoms with Gasteiger partial charge in [-0.1, -0.05) is 13.8 Å². The zero-order chi connectivity index (χ0) is 13.7. The van der Waals surface area contributed by atoms with Gasteiger partial charge in [-0.25, -0.2) is 0 Å². The van der Waals surface area contributed by atoms with Gasteiger partial charge in [-0.05, 0) is 37.2 Å². The fourth-order valence-electron chi connectivity index (χ4n) is 2.61. The third-order valence-electron chi connectivity index (χ3n) is 3.79. The third-order valence-corrected chi connectivity index (χ3v) is 3.79. The van der Waals surface area contributed by atoms with Crippen LogP contribution < -0.4 is 4.90 Å². The first kappa shape index (κ1) is 14.1. The molecule has 1 aromatic carbocycles. The number of hydrogen-bond donors (Lipinski definition) is 0. The zero-order valence-electron chi connectivity index (χ0n) is 12.1. The second-order valence-corrected chi connectivity index (χ2v) is 5.15. The Morgan fingerprint density at radius 3 is 2.21 bits per heavy atom. The second kappa shape index (κ2) is 6.71. The molecule has 1 heterocycles. The van der Waals surface area contributed by atoms with Crippen molar-refractivity contribution in [1.29, 1.82) is 0 Å². The van der Waals surface area contributed by atoms with Gasteiger partial charge < -0.3 is 4.90 Å². The van der Waals surface area contributed by atoms with Crippen LogP contribution in [0.5, 0.6) is 0 Å². The van der Waals surface area contributed by atoms with Crippen LogP contribution >= 0.6 is 0 Å². The minimum atomic E-state index is 0.222. The maximum Gasteiger partial charge on any atom is 0.162 e. The van der Waals surface area contributed by atoms with E-state index in [2.05, 4.69) is 28.9 Å². The Kier molecular flexibility index (Phi) is 4.97. The largest absolute Gasteiger partial charge is 0.369 e. The molecule has 0 aromatic heterocycles. The third kappa shape index (κ3) is 3.57. The summed E-state index contributed by atoms with van der Waals surface area (Å²) in [6, 6.07) is 8.08. The topological polar surface area (TPSA) is 23.6 Å². The molecule has 0 N–H and O–H groups in total. The predicted octanol–water partition coefficient (Wildman–Crippen LogP) is 2.81. The van der Waals surface area contributed by atoms with E-state index >= 15 is 0 Å². The summed E-state index contributed by atoms with van der Waals surface area (Å²) in [4.78, 5) is 16.5. The van der Waals surface area contributed by atoms with Crippen LogP contribution in [0.1, 0.15) is 37.0 Å². The number of benzene rings is 1. The van der Waals surface area contributed by atoms with Crippen molar-refractivity contribution >= 4 is 11.5 Å². The highest BCUT2D eigenvalue weighted by Crippen LogP contribution is 2.18. The Morgan fingerprint density at radius 2 is 1.68 bits per heavy atom. The van der Waals surface area contributed by atoms with Gasteiger partial charge in [0.25, 0.3) is 0 Å². The highest BCUT2D eigenvalue weighted by molar-refractivity contribution is 5.96. The van der Waals surface area contributed by atoms with E-state index in [9.17, 15) is 4.79 Å². The van der Waals surface area contributed by atoms with E-state index in [0.29, 0.717) is 6.42 Å². The van der Waals surface area contributed by atoms with Crippen LogP contribution in [0.4, 0.5) is 5.69 Å². The average Bonchev–Trinajstić information content (AvgIpc) is 2.48. The molecule has 0 atom stereocenters. The van der Waals surface area contributed by atoms with E-state index in [0.717, 1.165) is 31.7 Å². The van der Waals surface area contributed by atoms with Crippen molar-refractivity contribution in [3.8, 4) is 0 Å². The SMILES string of the molecule is CCCN1CCN(c2ccc(C(=O)CC)cc2)CC1. The summed E-state index contributed by atoms with van der Waals surface area (Å²) in [7, 11) is 0. The van der Waals surface area contributed by atoms with Crippen LogP contribution in [0.25, 0.3) is 0 Å². The lowest BCUT2D eigenvalue weighted by Crippen LogP contribution is -2.46. The van der Waals surface area contributed by atoms with Gasteiger partial charge in [-0.3, -0.25) is 9.69 Å². The molecule has 0 saturated carbocycles. The molecule has 0 amide bonds. The predicted molar refractivity (Wildman–Crippen MR) is 80.0 cm³/mol. The molecule has 1 aliphatic rings. The molecular weight excluding hydrogens is 236 g/mol. The quantitative estimate of drug-likeness (QED) is 0.761. The van der Waals surface area contributed by atoms with Crippen LogP contribution in [-0.4, -0.2) is 43.4 Å². The molecule has 3 heteroatoms. The van der Waals surface area contributed by atoms with Crippen molar-refractivity contribution < 1.29 is 4.79 Å². The zero-order valence-corrected chi connectivity index (χ0v) is 12.1. The summed E-state index contributed by atoms with van der Waals surface area (Å²) in [5.74, 6) is 0.222. The summed E-state index contributed by atoms with van der Waals surface area (Å²) >= 11 is 0. The molecule has 0 unspecified atom stereocenters. The van der Waals surface area contributed by atoms with Gasteiger partial charge in [0.1, 0.15) is 0 Å². The number of nitrogens with zero attached hydrogens (tertiary/aromatic N) is 2. The first-order valence-corrected chi connectivity index (χ1v) is 7.35. The lowest BCUT2D eigenvalue weighted by atomic mass is 10.1. The van der Waals surface area contributed by atoms with Crippen LogP contribution in [0, 0.1) is 0 Å². The smallest absolute Gasteiger partial charge is 0.162 e. The molecule has 0 spiro atoms. The fraction of sp³-hybridized carbons (Fsp3) is 0.562. The monoisotopic (exact) mass is 260 g/mol. The maximum absolute atomic E-state index is 11.6. The maximum atomic E-state index is 11.6. The molecule has 1 aromatic rings. The number of ketones is 1. The molecule has 1 aliphatic heterocycles. The lowest BCUT2D eigenvalue weighted by Gasteiger charge is -2.36. The number of carbonyl (C=O) groups excluding carboxylic acids is 1. The minimum Gasteiger partial charge on any atom is -0.369 e. The van der Waals surface area contributed by atoms with Crippen LogP contribution in [-0.2, 0) is 0 Å². The van der Waals surface area contributed by atoms with Crippen molar-refractivity contribution in [2.75, 3.05) is 37.6 Å². The van der Waals surface area contributed by atoms with Crippen molar-refractivity contribution in [2.24, 2.45) is 0 Å². The van der Waals surface area contributed by atoms with Gasteiger partial charge >= 0.3 is 0 Å². The van der Waals surface area contributed by atoms with E-state index in [1.54, 1.807) is 0 Å². The minimum absolute atomic E-state index is 0.222. The van der Waals surface area contributed by atoms with E-state index < -0.39 is 0 Å². The molecular formula is C16H24N2O. The molecule has 1 saturated heterocycles. The van der Waals surface area contributed by atoms with Gasteiger partial charge in [0.05, 0.1) is 0 Å². The van der Waals surface area contributed by atoms with Gasteiger partial charge in [0.15, 0.2) is 5.78 Å². The summed E-state index contributed by atoms with van der Waals surface area (Å²) in [5.41, 5.74) is 2.07. The number of rotatable bonds is 5. The number of hydrogen-bond acceptors (Lipinski definition) is 3. The first-order valence-electron chi connectivity index (χ1n) is 7.35. The number of carbonyl (C=O) groups is 1. The van der Waals surface area contributed by atoms with Crippen molar-refractivity contribution in [3.05, 3.63) is 29.8 Å². The lowest BCUT2D eigenvalue weighted by molar-refractivity contribution is 0.0988. The Hall–Kier alpha value is -1.35. The van der Waals surface area contributed by atoms with Crippen LogP contribution in [0.3, 0.4) is 0 Å². The Morgan fingerprint density at radius 1 is 1.05 bits per heavy atom. The molecule has 0 bridgehead atoms. The molecule has 0 radical (unpaired) electrons.